The highest BCUT2D eigenvalue weighted by atomic mass is 16.5. The lowest BCUT2D eigenvalue weighted by atomic mass is 9.75. The molecule has 25 heavy (non-hydrogen) atoms. The van der Waals surface area contributed by atoms with E-state index in [-0.39, 0.29) is 12.1 Å². The molecule has 132 valence electrons. The molecule has 2 aromatic carbocycles. The second-order valence-electron chi connectivity index (χ2n) is 7.71. The van der Waals surface area contributed by atoms with Crippen molar-refractivity contribution in [3.63, 3.8) is 0 Å². The molecule has 2 heteroatoms. The Morgan fingerprint density at radius 1 is 0.960 bits per heavy atom. The van der Waals surface area contributed by atoms with Crippen molar-refractivity contribution in [2.24, 2.45) is 17.8 Å². The van der Waals surface area contributed by atoms with E-state index in [4.69, 9.17) is 4.74 Å². The Kier molecular flexibility index (Phi) is 5.57. The first-order chi connectivity index (χ1) is 12.0. The second kappa shape index (κ2) is 7.86. The summed E-state index contributed by atoms with van der Waals surface area (Å²) >= 11 is 0. The molecule has 1 aliphatic carbocycles. The van der Waals surface area contributed by atoms with Gasteiger partial charge in [-0.1, -0.05) is 69.7 Å². The zero-order chi connectivity index (χ0) is 17.8. The quantitative estimate of drug-likeness (QED) is 0.643. The number of carbonyl (C=O) groups is 1. The van der Waals surface area contributed by atoms with Crippen LogP contribution in [0.4, 0.5) is 0 Å². The Morgan fingerprint density at radius 2 is 1.60 bits per heavy atom. The molecule has 0 unspecified atom stereocenters. The van der Waals surface area contributed by atoms with Crippen LogP contribution in [0.1, 0.15) is 50.4 Å². The molecule has 0 N–H and O–H groups in total. The van der Waals surface area contributed by atoms with Crippen LogP contribution in [0.25, 0.3) is 11.1 Å². The van der Waals surface area contributed by atoms with E-state index in [0.29, 0.717) is 23.3 Å². The van der Waals surface area contributed by atoms with E-state index in [1.807, 2.05) is 42.5 Å². The predicted molar refractivity (Wildman–Crippen MR) is 102 cm³/mol. The van der Waals surface area contributed by atoms with Gasteiger partial charge in [0.05, 0.1) is 5.56 Å². The van der Waals surface area contributed by atoms with Crippen molar-refractivity contribution in [2.45, 2.75) is 46.1 Å². The maximum absolute atomic E-state index is 12.6. The molecule has 1 fully saturated rings. The van der Waals surface area contributed by atoms with Gasteiger partial charge in [-0.15, -0.1) is 0 Å². The summed E-state index contributed by atoms with van der Waals surface area (Å²) in [6.45, 7) is 6.72. The lowest BCUT2D eigenvalue weighted by molar-refractivity contribution is -0.0174. The monoisotopic (exact) mass is 336 g/mol. The van der Waals surface area contributed by atoms with E-state index in [1.54, 1.807) is 0 Å². The zero-order valence-electron chi connectivity index (χ0n) is 15.4. The number of carbonyl (C=O) groups excluding carboxylic acids is 1. The van der Waals surface area contributed by atoms with E-state index in [2.05, 4.69) is 32.9 Å². The van der Waals surface area contributed by atoms with Crippen LogP contribution < -0.4 is 0 Å². The van der Waals surface area contributed by atoms with Gasteiger partial charge in [0.25, 0.3) is 0 Å². The first kappa shape index (κ1) is 17.7. The van der Waals surface area contributed by atoms with Gasteiger partial charge in [-0.3, -0.25) is 0 Å². The lowest BCUT2D eigenvalue weighted by Crippen LogP contribution is -2.35. The third-order valence-corrected chi connectivity index (χ3v) is 5.45. The van der Waals surface area contributed by atoms with Crippen LogP contribution in [0.5, 0.6) is 0 Å². The third-order valence-electron chi connectivity index (χ3n) is 5.45. The SMILES string of the molecule is CC(C)[C@@H]1CC[C@@H](C)C[C@H]1OC(=O)c1ccc(-c2ccccc2)cc1. The third kappa shape index (κ3) is 4.31. The summed E-state index contributed by atoms with van der Waals surface area (Å²) in [6, 6.07) is 17.9. The van der Waals surface area contributed by atoms with Gasteiger partial charge in [0.2, 0.25) is 0 Å². The van der Waals surface area contributed by atoms with Gasteiger partial charge in [-0.05, 0) is 53.9 Å². The van der Waals surface area contributed by atoms with E-state index in [1.165, 1.54) is 6.42 Å². The zero-order valence-corrected chi connectivity index (χ0v) is 15.4. The minimum absolute atomic E-state index is 0.0463. The average molecular weight is 336 g/mol. The number of hydrogen-bond acceptors (Lipinski definition) is 2. The maximum atomic E-state index is 12.6. The van der Waals surface area contributed by atoms with Crippen molar-refractivity contribution in [1.82, 2.24) is 0 Å². The Balaban J connectivity index is 1.70. The Labute approximate surface area is 151 Å². The first-order valence-corrected chi connectivity index (χ1v) is 9.41. The molecule has 2 aromatic rings. The molecule has 1 aliphatic rings. The summed E-state index contributed by atoms with van der Waals surface area (Å²) in [5.74, 6) is 1.46. The number of hydrogen-bond donors (Lipinski definition) is 0. The molecule has 0 aromatic heterocycles. The topological polar surface area (TPSA) is 26.3 Å². The molecule has 0 amide bonds. The van der Waals surface area contributed by atoms with Crippen molar-refractivity contribution in [2.75, 3.05) is 0 Å². The summed E-state index contributed by atoms with van der Waals surface area (Å²) < 4.78 is 5.93. The van der Waals surface area contributed by atoms with Crippen LogP contribution in [0.15, 0.2) is 54.6 Å². The predicted octanol–water partition coefficient (Wildman–Crippen LogP) is 5.97. The van der Waals surface area contributed by atoms with Crippen LogP contribution in [-0.4, -0.2) is 12.1 Å². The van der Waals surface area contributed by atoms with Crippen molar-refractivity contribution in [3.8, 4) is 11.1 Å². The van der Waals surface area contributed by atoms with Gasteiger partial charge in [-0.25, -0.2) is 4.79 Å². The highest BCUT2D eigenvalue weighted by Gasteiger charge is 2.33. The molecule has 2 nitrogen and oxygen atoms in total. The standard InChI is InChI=1S/C23H28O2/c1-16(2)21-14-9-17(3)15-22(21)25-23(24)20-12-10-19(11-13-20)18-7-5-4-6-8-18/h4-8,10-13,16-17,21-22H,9,14-15H2,1-3H3/t17-,21+,22-/m1/s1. The fourth-order valence-corrected chi connectivity index (χ4v) is 3.89. The highest BCUT2D eigenvalue weighted by Crippen LogP contribution is 2.35. The average Bonchev–Trinajstić information content (AvgIpc) is 2.62. The molecule has 3 atom stereocenters. The Bertz CT molecular complexity index is 688. The smallest absolute Gasteiger partial charge is 0.338 e. The number of esters is 1. The molecule has 0 saturated heterocycles. The molecule has 0 aliphatic heterocycles. The van der Waals surface area contributed by atoms with Crippen molar-refractivity contribution >= 4 is 5.97 Å². The molecule has 1 saturated carbocycles. The summed E-state index contributed by atoms with van der Waals surface area (Å²) in [5, 5.41) is 0. The molecule has 3 rings (SSSR count). The summed E-state index contributed by atoms with van der Waals surface area (Å²) in [6.07, 6.45) is 3.42. The van der Waals surface area contributed by atoms with Crippen molar-refractivity contribution in [3.05, 3.63) is 60.2 Å². The molecule has 0 radical (unpaired) electrons. The maximum Gasteiger partial charge on any atom is 0.338 e. The second-order valence-corrected chi connectivity index (χ2v) is 7.71. The largest absolute Gasteiger partial charge is 0.458 e. The summed E-state index contributed by atoms with van der Waals surface area (Å²) in [7, 11) is 0. The van der Waals surface area contributed by atoms with Crippen LogP contribution in [0.2, 0.25) is 0 Å². The highest BCUT2D eigenvalue weighted by molar-refractivity contribution is 5.90. The normalized spacial score (nSPS) is 23.4. The minimum atomic E-state index is -0.190. The summed E-state index contributed by atoms with van der Waals surface area (Å²) in [4.78, 5) is 12.6. The van der Waals surface area contributed by atoms with Crippen LogP contribution in [-0.2, 0) is 4.74 Å². The van der Waals surface area contributed by atoms with Crippen LogP contribution in [0.3, 0.4) is 0 Å². The van der Waals surface area contributed by atoms with Crippen LogP contribution in [0, 0.1) is 17.8 Å². The summed E-state index contributed by atoms with van der Waals surface area (Å²) in [5.41, 5.74) is 2.91. The van der Waals surface area contributed by atoms with Crippen LogP contribution >= 0.6 is 0 Å². The van der Waals surface area contributed by atoms with E-state index < -0.39 is 0 Å². The van der Waals surface area contributed by atoms with Gasteiger partial charge in [0.15, 0.2) is 0 Å². The molecular weight excluding hydrogens is 308 g/mol. The van der Waals surface area contributed by atoms with Gasteiger partial charge < -0.3 is 4.74 Å². The Hall–Kier alpha value is -2.09. The van der Waals surface area contributed by atoms with Gasteiger partial charge in [0.1, 0.15) is 6.10 Å². The van der Waals surface area contributed by atoms with Gasteiger partial charge in [-0.2, -0.15) is 0 Å². The number of rotatable bonds is 4. The van der Waals surface area contributed by atoms with Gasteiger partial charge in [0, 0.05) is 0 Å². The molecule has 0 heterocycles. The van der Waals surface area contributed by atoms with E-state index >= 15 is 0 Å². The van der Waals surface area contributed by atoms with Crippen molar-refractivity contribution < 1.29 is 9.53 Å². The molecule has 0 bridgehead atoms. The minimum Gasteiger partial charge on any atom is -0.458 e. The lowest BCUT2D eigenvalue weighted by Gasteiger charge is -2.36. The fraction of sp³-hybridized carbons (Fsp3) is 0.435. The van der Waals surface area contributed by atoms with Crippen molar-refractivity contribution in [1.29, 1.82) is 0 Å². The van der Waals surface area contributed by atoms with E-state index in [0.717, 1.165) is 24.0 Å². The number of benzene rings is 2. The van der Waals surface area contributed by atoms with E-state index in [9.17, 15) is 4.79 Å². The first-order valence-electron chi connectivity index (χ1n) is 9.41. The fourth-order valence-electron chi connectivity index (χ4n) is 3.89. The molecular formula is C23H28O2. The van der Waals surface area contributed by atoms with Gasteiger partial charge >= 0.3 is 5.97 Å². The molecule has 0 spiro atoms. The Morgan fingerprint density at radius 3 is 2.24 bits per heavy atom. The number of ether oxygens (including phenoxy) is 1.